The second-order valence-electron chi connectivity index (χ2n) is 12.1. The summed E-state index contributed by atoms with van der Waals surface area (Å²) < 4.78 is 0. The second-order valence-corrected chi connectivity index (χ2v) is 13.1. The molecule has 5 aliphatic rings. The Labute approximate surface area is 291 Å². The normalized spacial score (nSPS) is 22.5. The molecule has 4 nitrogen and oxygen atoms in total. The van der Waals surface area contributed by atoms with Crippen molar-refractivity contribution < 1.29 is 0 Å². The zero-order chi connectivity index (χ0) is 33.5. The summed E-state index contributed by atoms with van der Waals surface area (Å²) in [7, 11) is 0. The van der Waals surface area contributed by atoms with Crippen LogP contribution in [0.3, 0.4) is 0 Å². The van der Waals surface area contributed by atoms with Crippen molar-refractivity contribution in [2.24, 2.45) is 22.7 Å². The fraction of sp³-hybridized carbons (Fsp3) is 0.0952. The number of fused-ring (bicyclic) bond motifs is 2. The smallest absolute Gasteiger partial charge is 0.186 e. The van der Waals surface area contributed by atoms with Gasteiger partial charge in [-0.3, -0.25) is 0 Å². The highest BCUT2D eigenvalue weighted by molar-refractivity contribution is 7.81. The molecule has 0 bridgehead atoms. The van der Waals surface area contributed by atoms with Gasteiger partial charge in [0.25, 0.3) is 0 Å². The van der Waals surface area contributed by atoms with Crippen molar-refractivity contribution >= 4 is 46.4 Å². The van der Waals surface area contributed by atoms with E-state index in [1.165, 1.54) is 0 Å². The maximum atomic E-state index is 10.6. The largest absolute Gasteiger partial charge is 0.196 e. The average Bonchev–Trinajstić information content (AvgIpc) is 3.36. The van der Waals surface area contributed by atoms with E-state index in [-0.39, 0.29) is 0 Å². The average molecular weight is 650 g/mol. The van der Waals surface area contributed by atoms with Crippen LogP contribution >= 0.6 is 24.8 Å². The van der Waals surface area contributed by atoms with E-state index in [4.69, 9.17) is 12.2 Å². The first kappa shape index (κ1) is 30.7. The van der Waals surface area contributed by atoms with Gasteiger partial charge in [-0.2, -0.15) is 21.0 Å². The molecule has 2 atom stereocenters. The molecule has 2 unspecified atom stereocenters. The van der Waals surface area contributed by atoms with Gasteiger partial charge < -0.3 is 0 Å². The number of rotatable bonds is 4. The second kappa shape index (κ2) is 12.0. The molecule has 0 aliphatic heterocycles. The molecule has 0 fully saturated rings. The standard InChI is InChI=1S/C42H24N4S2/c43-23-41(24-44)37(21-33-5-1-3-31(19-39(33)41)27-11-15-35(47)16-12-27)29-7-9-30(10-8-29)38-22-34-6-2-4-32(28-13-17-36(48)18-14-28)20-40(34)42(38,25-45)26-46/h1-22,39-40H/p+1. The number of nitrogens with zero attached hydrogens (tertiary/aromatic N) is 4. The molecule has 48 heavy (non-hydrogen) atoms. The third-order valence-electron chi connectivity index (χ3n) is 9.54. The zero-order valence-corrected chi connectivity index (χ0v) is 27.2. The van der Waals surface area contributed by atoms with E-state index in [0.717, 1.165) is 54.7 Å². The third-order valence-corrected chi connectivity index (χ3v) is 10.1. The number of allylic oxidation sites excluding steroid dienone is 20. The summed E-state index contributed by atoms with van der Waals surface area (Å²) in [6, 6.07) is 24.8. The van der Waals surface area contributed by atoms with Crippen molar-refractivity contribution in [1.29, 1.82) is 21.0 Å². The minimum Gasteiger partial charge on any atom is -0.196 e. The maximum absolute atomic E-state index is 10.6. The zero-order valence-electron chi connectivity index (χ0n) is 25.5. The van der Waals surface area contributed by atoms with Crippen LogP contribution in [0, 0.1) is 73.9 Å². The topological polar surface area (TPSA) is 95.2 Å². The van der Waals surface area contributed by atoms with Crippen LogP contribution in [-0.2, 0) is 0 Å². The van der Waals surface area contributed by atoms with Crippen LogP contribution in [0.4, 0.5) is 0 Å². The van der Waals surface area contributed by atoms with Crippen LogP contribution in [0.5, 0.6) is 0 Å². The lowest BCUT2D eigenvalue weighted by molar-refractivity contribution is 0.576. The first-order valence-corrected chi connectivity index (χ1v) is 16.2. The van der Waals surface area contributed by atoms with Crippen molar-refractivity contribution in [1.82, 2.24) is 0 Å². The predicted molar refractivity (Wildman–Crippen MR) is 195 cm³/mol. The summed E-state index contributed by atoms with van der Waals surface area (Å²) in [4.78, 5) is 1.59. The highest BCUT2D eigenvalue weighted by Crippen LogP contribution is 2.55. The van der Waals surface area contributed by atoms with E-state index >= 15 is 0 Å². The van der Waals surface area contributed by atoms with Crippen LogP contribution in [-0.4, -0.2) is 4.86 Å². The lowest BCUT2D eigenvalue weighted by atomic mass is 9.71. The highest BCUT2D eigenvalue weighted by Gasteiger charge is 2.51. The Morgan fingerprint density at radius 2 is 1.10 bits per heavy atom. The van der Waals surface area contributed by atoms with Gasteiger partial charge in [0.05, 0.1) is 41.7 Å². The quantitative estimate of drug-likeness (QED) is 0.203. The highest BCUT2D eigenvalue weighted by atomic mass is 32.1. The maximum Gasteiger partial charge on any atom is 0.186 e. The van der Waals surface area contributed by atoms with Gasteiger partial charge in [-0.25, -0.2) is 0 Å². The van der Waals surface area contributed by atoms with Crippen LogP contribution in [0.25, 0.3) is 16.7 Å². The first-order chi connectivity index (χ1) is 23.4. The molecule has 0 aromatic heterocycles. The van der Waals surface area contributed by atoms with Gasteiger partial charge in [-0.15, -0.1) is 12.6 Å². The van der Waals surface area contributed by atoms with Gasteiger partial charge in [0, 0.05) is 41.2 Å². The molecule has 2 aromatic rings. The minimum atomic E-state index is -1.45. The Hall–Kier alpha value is -5.89. The Morgan fingerprint density at radius 3 is 1.62 bits per heavy atom. The molecule has 6 heteroatoms. The van der Waals surface area contributed by atoms with Gasteiger partial charge >= 0.3 is 0 Å². The van der Waals surface area contributed by atoms with E-state index in [2.05, 4.69) is 36.9 Å². The molecule has 2 aromatic carbocycles. The molecule has 0 spiro atoms. The molecule has 5 aliphatic carbocycles. The van der Waals surface area contributed by atoms with E-state index in [0.29, 0.717) is 11.1 Å². The summed E-state index contributed by atoms with van der Waals surface area (Å²) in [6.07, 6.45) is 27.3. The van der Waals surface area contributed by atoms with Crippen molar-refractivity contribution in [2.75, 3.05) is 0 Å². The summed E-state index contributed by atoms with van der Waals surface area (Å²) in [5, 5.41) is 42.3. The number of hydrogen-bond donors (Lipinski definition) is 1. The summed E-state index contributed by atoms with van der Waals surface area (Å²) in [5.74, 6) is 0.00933. The Kier molecular flexibility index (Phi) is 7.71. The molecule has 224 valence electrons. The van der Waals surface area contributed by atoms with E-state index in [9.17, 15) is 21.0 Å². The van der Waals surface area contributed by atoms with Crippen molar-refractivity contribution in [2.45, 2.75) is 4.90 Å². The van der Waals surface area contributed by atoms with Crippen molar-refractivity contribution in [3.05, 3.63) is 173 Å². The van der Waals surface area contributed by atoms with Gasteiger partial charge in [-0.05, 0) is 74.9 Å². The fourth-order valence-corrected chi connectivity index (χ4v) is 7.31. The molecular formula is C42H25N4S2+. The summed E-state index contributed by atoms with van der Waals surface area (Å²) in [6.45, 7) is 0. The lowest BCUT2D eigenvalue weighted by Gasteiger charge is -2.25. The van der Waals surface area contributed by atoms with Crippen molar-refractivity contribution in [3.63, 3.8) is 0 Å². The molecule has 7 rings (SSSR count). The number of nitriles is 4. The molecular weight excluding hydrogens is 625 g/mol. The molecule has 0 amide bonds. The molecule has 0 heterocycles. The van der Waals surface area contributed by atoms with Crippen LogP contribution in [0.1, 0.15) is 16.7 Å². The van der Waals surface area contributed by atoms with Crippen molar-refractivity contribution in [3.8, 4) is 24.3 Å². The molecule has 0 radical (unpaired) electrons. The minimum absolute atomic E-state index is 0.472. The summed E-state index contributed by atoms with van der Waals surface area (Å²) in [5.41, 5.74) is 4.37. The van der Waals surface area contributed by atoms with Crippen LogP contribution < -0.4 is 0 Å². The Balaban J connectivity index is 1.24. The fourth-order valence-electron chi connectivity index (χ4n) is 7.02. The SMILES string of the molecule is N#CC1(C#N)C(c2ccc(C3=CC4=CC=CC([C+]5C=CC(=S)C=C5)=CC4C3(C#N)C#N)cc2)=CC2=CC=CC(c3ccc(S)cc3)=CC21. The van der Waals surface area contributed by atoms with Gasteiger partial charge in [0.1, 0.15) is 4.86 Å². The Morgan fingerprint density at radius 1 is 0.625 bits per heavy atom. The molecule has 0 N–H and O–H groups in total. The lowest BCUT2D eigenvalue weighted by Crippen LogP contribution is -2.25. The van der Waals surface area contributed by atoms with Crippen LogP contribution in [0.2, 0.25) is 0 Å². The molecule has 0 saturated carbocycles. The van der Waals surface area contributed by atoms with E-state index in [1.54, 1.807) is 0 Å². The number of benzene rings is 2. The monoisotopic (exact) mass is 649 g/mol. The first-order valence-electron chi connectivity index (χ1n) is 15.3. The summed E-state index contributed by atoms with van der Waals surface area (Å²) >= 11 is 9.66. The van der Waals surface area contributed by atoms with Gasteiger partial charge in [0.15, 0.2) is 10.8 Å². The predicted octanol–water partition coefficient (Wildman–Crippen LogP) is 9.14. The van der Waals surface area contributed by atoms with E-state index in [1.807, 2.05) is 134 Å². The number of hydrogen-bond acceptors (Lipinski definition) is 6. The molecule has 0 saturated heterocycles. The number of thiocarbonyl (C=S) groups is 1. The van der Waals surface area contributed by atoms with E-state index < -0.39 is 22.7 Å². The number of thiol groups is 1. The van der Waals surface area contributed by atoms with Crippen LogP contribution in [0.15, 0.2) is 155 Å². The van der Waals surface area contributed by atoms with Gasteiger partial charge in [-0.1, -0.05) is 85.1 Å². The van der Waals surface area contributed by atoms with Gasteiger partial charge in [0.2, 0.25) is 0 Å². The third kappa shape index (κ3) is 4.88. The Bertz CT molecular complexity index is 2210.